The molecule has 2 heteroatoms. The highest BCUT2D eigenvalue weighted by atomic mass is 15.2. The standard InChI is InChI=1S/C14H28N2/c1-3-12-10-14(11-13(4-2)15-12)16-8-6-5-7-9-16/h12-15H,3-11H2,1-2H3. The van der Waals surface area contributed by atoms with Crippen LogP contribution in [0.15, 0.2) is 0 Å². The maximum Gasteiger partial charge on any atom is 0.0125 e. The van der Waals surface area contributed by atoms with E-state index in [0.717, 1.165) is 18.1 Å². The summed E-state index contributed by atoms with van der Waals surface area (Å²) in [6, 6.07) is 2.41. The average molecular weight is 224 g/mol. The highest BCUT2D eigenvalue weighted by molar-refractivity contribution is 4.89. The maximum absolute atomic E-state index is 3.80. The summed E-state index contributed by atoms with van der Waals surface area (Å²) in [4.78, 5) is 2.77. The molecule has 0 radical (unpaired) electrons. The quantitative estimate of drug-likeness (QED) is 0.793. The van der Waals surface area contributed by atoms with Crippen LogP contribution in [0.4, 0.5) is 0 Å². The van der Waals surface area contributed by atoms with E-state index in [1.54, 1.807) is 0 Å². The first-order valence-electron chi connectivity index (χ1n) is 7.33. The molecule has 0 aromatic heterocycles. The van der Waals surface area contributed by atoms with Crippen molar-refractivity contribution in [2.45, 2.75) is 76.9 Å². The molecule has 0 amide bonds. The fraction of sp³-hybridized carbons (Fsp3) is 1.00. The molecule has 0 saturated carbocycles. The van der Waals surface area contributed by atoms with E-state index in [0.29, 0.717) is 0 Å². The summed E-state index contributed by atoms with van der Waals surface area (Å²) in [5.74, 6) is 0. The van der Waals surface area contributed by atoms with E-state index in [1.807, 2.05) is 0 Å². The lowest BCUT2D eigenvalue weighted by Gasteiger charge is -2.43. The lowest BCUT2D eigenvalue weighted by Crippen LogP contribution is -2.53. The second-order valence-electron chi connectivity index (χ2n) is 5.60. The lowest BCUT2D eigenvalue weighted by molar-refractivity contribution is 0.101. The van der Waals surface area contributed by atoms with Gasteiger partial charge in [0, 0.05) is 18.1 Å². The van der Waals surface area contributed by atoms with Gasteiger partial charge in [-0.2, -0.15) is 0 Å². The second kappa shape index (κ2) is 6.02. The third-order valence-corrected chi connectivity index (χ3v) is 4.48. The maximum atomic E-state index is 3.80. The molecule has 1 N–H and O–H groups in total. The first-order chi connectivity index (χ1) is 7.83. The third kappa shape index (κ3) is 2.98. The predicted octanol–water partition coefficient (Wildman–Crippen LogP) is 2.78. The summed E-state index contributed by atoms with van der Waals surface area (Å²) in [6.45, 7) is 7.36. The molecule has 2 fully saturated rings. The normalized spacial score (nSPS) is 37.5. The van der Waals surface area contributed by atoms with Gasteiger partial charge < -0.3 is 10.2 Å². The van der Waals surface area contributed by atoms with Gasteiger partial charge in [-0.3, -0.25) is 0 Å². The Kier molecular flexibility index (Phi) is 4.66. The van der Waals surface area contributed by atoms with Crippen molar-refractivity contribution >= 4 is 0 Å². The highest BCUT2D eigenvalue weighted by Gasteiger charge is 2.30. The van der Waals surface area contributed by atoms with E-state index in [9.17, 15) is 0 Å². The Morgan fingerprint density at radius 2 is 1.50 bits per heavy atom. The predicted molar refractivity (Wildman–Crippen MR) is 69.7 cm³/mol. The molecule has 16 heavy (non-hydrogen) atoms. The van der Waals surface area contributed by atoms with E-state index in [4.69, 9.17) is 0 Å². The van der Waals surface area contributed by atoms with Crippen LogP contribution in [0.3, 0.4) is 0 Å². The summed E-state index contributed by atoms with van der Waals surface area (Å²) >= 11 is 0. The van der Waals surface area contributed by atoms with Crippen molar-refractivity contribution in [3.05, 3.63) is 0 Å². The van der Waals surface area contributed by atoms with E-state index in [2.05, 4.69) is 24.1 Å². The Bertz CT molecular complexity index is 187. The molecule has 2 saturated heterocycles. The summed E-state index contributed by atoms with van der Waals surface area (Å²) in [6.07, 6.45) is 9.66. The molecule has 2 rings (SSSR count). The van der Waals surface area contributed by atoms with Crippen molar-refractivity contribution < 1.29 is 0 Å². The van der Waals surface area contributed by atoms with Gasteiger partial charge >= 0.3 is 0 Å². The van der Waals surface area contributed by atoms with Crippen LogP contribution in [0.5, 0.6) is 0 Å². The lowest BCUT2D eigenvalue weighted by atomic mass is 9.89. The highest BCUT2D eigenvalue weighted by Crippen LogP contribution is 2.24. The van der Waals surface area contributed by atoms with Gasteiger partial charge in [0.1, 0.15) is 0 Å². The van der Waals surface area contributed by atoms with Gasteiger partial charge in [-0.15, -0.1) is 0 Å². The zero-order chi connectivity index (χ0) is 11.4. The van der Waals surface area contributed by atoms with Crippen LogP contribution in [-0.2, 0) is 0 Å². The van der Waals surface area contributed by atoms with E-state index >= 15 is 0 Å². The molecule has 2 aliphatic rings. The van der Waals surface area contributed by atoms with Gasteiger partial charge in [0.05, 0.1) is 0 Å². The number of rotatable bonds is 3. The number of piperidine rings is 2. The van der Waals surface area contributed by atoms with Crippen molar-refractivity contribution in [3.8, 4) is 0 Å². The van der Waals surface area contributed by atoms with Crippen LogP contribution in [0, 0.1) is 0 Å². The van der Waals surface area contributed by atoms with Gasteiger partial charge in [-0.1, -0.05) is 20.3 Å². The van der Waals surface area contributed by atoms with Crippen molar-refractivity contribution in [2.24, 2.45) is 0 Å². The molecule has 2 unspecified atom stereocenters. The minimum atomic E-state index is 0.769. The summed E-state index contributed by atoms with van der Waals surface area (Å²) < 4.78 is 0. The van der Waals surface area contributed by atoms with Crippen molar-refractivity contribution in [3.63, 3.8) is 0 Å². The Hall–Kier alpha value is -0.0800. The van der Waals surface area contributed by atoms with Gasteiger partial charge in [0.25, 0.3) is 0 Å². The smallest absolute Gasteiger partial charge is 0.0125 e. The number of nitrogens with zero attached hydrogens (tertiary/aromatic N) is 1. The number of hydrogen-bond donors (Lipinski definition) is 1. The largest absolute Gasteiger partial charge is 0.311 e. The monoisotopic (exact) mass is 224 g/mol. The van der Waals surface area contributed by atoms with Crippen LogP contribution >= 0.6 is 0 Å². The van der Waals surface area contributed by atoms with Crippen molar-refractivity contribution in [1.29, 1.82) is 0 Å². The third-order valence-electron chi connectivity index (χ3n) is 4.48. The first-order valence-corrected chi connectivity index (χ1v) is 7.33. The zero-order valence-corrected chi connectivity index (χ0v) is 11.0. The van der Waals surface area contributed by atoms with E-state index in [-0.39, 0.29) is 0 Å². The summed E-state index contributed by atoms with van der Waals surface area (Å²) in [7, 11) is 0. The van der Waals surface area contributed by atoms with Crippen LogP contribution < -0.4 is 5.32 Å². The fourth-order valence-electron chi connectivity index (χ4n) is 3.37. The Morgan fingerprint density at radius 1 is 0.938 bits per heavy atom. The average Bonchev–Trinajstić information content (AvgIpc) is 2.39. The molecule has 0 aromatic carbocycles. The van der Waals surface area contributed by atoms with Gasteiger partial charge in [-0.05, 0) is 51.6 Å². The first kappa shape index (κ1) is 12.4. The molecule has 0 aromatic rings. The molecule has 2 nitrogen and oxygen atoms in total. The van der Waals surface area contributed by atoms with Gasteiger partial charge in [0.2, 0.25) is 0 Å². The van der Waals surface area contributed by atoms with E-state index < -0.39 is 0 Å². The Balaban J connectivity index is 1.91. The van der Waals surface area contributed by atoms with Gasteiger partial charge in [0.15, 0.2) is 0 Å². The molecule has 0 bridgehead atoms. The minimum absolute atomic E-state index is 0.769. The number of likely N-dealkylation sites (tertiary alicyclic amines) is 1. The molecule has 2 aliphatic heterocycles. The molecular formula is C14H28N2. The molecule has 2 heterocycles. The molecule has 0 aliphatic carbocycles. The Morgan fingerprint density at radius 3 is 2.00 bits per heavy atom. The summed E-state index contributed by atoms with van der Waals surface area (Å²) in [5, 5.41) is 3.80. The zero-order valence-electron chi connectivity index (χ0n) is 11.0. The fourth-order valence-corrected chi connectivity index (χ4v) is 3.37. The van der Waals surface area contributed by atoms with Crippen molar-refractivity contribution in [1.82, 2.24) is 10.2 Å². The number of hydrogen-bond acceptors (Lipinski definition) is 2. The number of nitrogens with one attached hydrogen (secondary N) is 1. The van der Waals surface area contributed by atoms with Crippen LogP contribution in [0.25, 0.3) is 0 Å². The topological polar surface area (TPSA) is 15.3 Å². The molecule has 94 valence electrons. The van der Waals surface area contributed by atoms with Crippen molar-refractivity contribution in [2.75, 3.05) is 13.1 Å². The molecule has 2 atom stereocenters. The molecular weight excluding hydrogens is 196 g/mol. The van der Waals surface area contributed by atoms with E-state index in [1.165, 1.54) is 58.0 Å². The minimum Gasteiger partial charge on any atom is -0.311 e. The SMILES string of the molecule is CCC1CC(N2CCCCC2)CC(CC)N1. The van der Waals surface area contributed by atoms with Gasteiger partial charge in [-0.25, -0.2) is 0 Å². The molecule has 0 spiro atoms. The van der Waals surface area contributed by atoms with Crippen LogP contribution in [0.2, 0.25) is 0 Å². The summed E-state index contributed by atoms with van der Waals surface area (Å²) in [5.41, 5.74) is 0. The second-order valence-corrected chi connectivity index (χ2v) is 5.60. The Labute approximate surface area is 101 Å². The van der Waals surface area contributed by atoms with Crippen LogP contribution in [-0.4, -0.2) is 36.1 Å². The van der Waals surface area contributed by atoms with Crippen LogP contribution in [0.1, 0.15) is 58.8 Å².